The minimum Gasteiger partial charge on any atom is -0.384 e. The number of likely N-dealkylation sites (N-methyl/N-ethyl adjacent to an activating group) is 1. The number of nitrogens with two attached hydrogens (primary N) is 1. The number of pyridine rings is 1. The molecule has 1 aromatic heterocycles. The molecule has 1 rings (SSSR count). The minimum absolute atomic E-state index is 0.130. The van der Waals surface area contributed by atoms with Crippen molar-refractivity contribution in [1.29, 1.82) is 0 Å². The van der Waals surface area contributed by atoms with E-state index in [2.05, 4.69) is 4.98 Å². The Bertz CT molecular complexity index is 444. The highest BCUT2D eigenvalue weighted by Gasteiger charge is 2.20. The number of anilines is 1. The average Bonchev–Trinajstić information content (AvgIpc) is 2.29. The maximum absolute atomic E-state index is 12.0. The lowest BCUT2D eigenvalue weighted by Crippen LogP contribution is -2.30. The lowest BCUT2D eigenvalue weighted by Gasteiger charge is -2.16. The fraction of sp³-hybridized carbons (Fsp3) is 0.500. The summed E-state index contributed by atoms with van der Waals surface area (Å²) in [6.45, 7) is 3.10. The standard InChI is InChI=1S/C10H17N3O3S/c1-3-16-7-6-13(2)17(14,15)9-4-5-10(11)12-8-9/h4-5,8H,3,6-7H2,1-2H3,(H2,11,12). The van der Waals surface area contributed by atoms with Crippen molar-refractivity contribution in [3.05, 3.63) is 18.3 Å². The predicted octanol–water partition coefficient (Wildman–Crippen LogP) is 0.321. The monoisotopic (exact) mass is 259 g/mol. The van der Waals surface area contributed by atoms with Gasteiger partial charge in [0.1, 0.15) is 10.7 Å². The summed E-state index contributed by atoms with van der Waals surface area (Å²) >= 11 is 0. The van der Waals surface area contributed by atoms with Gasteiger partial charge in [-0.15, -0.1) is 0 Å². The van der Waals surface area contributed by atoms with Gasteiger partial charge in [0.05, 0.1) is 6.61 Å². The summed E-state index contributed by atoms with van der Waals surface area (Å²) in [5.41, 5.74) is 5.40. The van der Waals surface area contributed by atoms with Crippen LogP contribution in [0.15, 0.2) is 23.2 Å². The Morgan fingerprint density at radius 3 is 2.71 bits per heavy atom. The lowest BCUT2D eigenvalue weighted by atomic mass is 10.5. The Labute approximate surface area is 101 Å². The predicted molar refractivity (Wildman–Crippen MR) is 65.0 cm³/mol. The third-order valence-corrected chi connectivity index (χ3v) is 4.06. The van der Waals surface area contributed by atoms with Gasteiger partial charge < -0.3 is 10.5 Å². The summed E-state index contributed by atoms with van der Waals surface area (Å²) in [5, 5.41) is 0. The van der Waals surface area contributed by atoms with Crippen molar-refractivity contribution in [2.24, 2.45) is 0 Å². The first-order valence-electron chi connectivity index (χ1n) is 5.24. The molecule has 0 unspecified atom stereocenters. The molecule has 0 aliphatic heterocycles. The Hall–Kier alpha value is -1.18. The number of hydrogen-bond donors (Lipinski definition) is 1. The molecule has 0 amide bonds. The Morgan fingerprint density at radius 2 is 2.18 bits per heavy atom. The summed E-state index contributed by atoms with van der Waals surface area (Å²) in [7, 11) is -2.00. The quantitative estimate of drug-likeness (QED) is 0.744. The van der Waals surface area contributed by atoms with E-state index in [0.717, 1.165) is 0 Å². The van der Waals surface area contributed by atoms with E-state index in [1.165, 1.54) is 29.7 Å². The zero-order chi connectivity index (χ0) is 12.9. The molecule has 0 spiro atoms. The van der Waals surface area contributed by atoms with Gasteiger partial charge in [-0.1, -0.05) is 0 Å². The van der Waals surface area contributed by atoms with Gasteiger partial charge in [-0.05, 0) is 19.1 Å². The van der Waals surface area contributed by atoms with Crippen LogP contribution in [0.1, 0.15) is 6.92 Å². The summed E-state index contributed by atoms with van der Waals surface area (Å²) in [6.07, 6.45) is 1.25. The first-order valence-corrected chi connectivity index (χ1v) is 6.68. The molecule has 1 heterocycles. The number of sulfonamides is 1. The SMILES string of the molecule is CCOCCN(C)S(=O)(=O)c1ccc(N)nc1. The molecular formula is C10H17N3O3S. The van der Waals surface area contributed by atoms with Crippen molar-refractivity contribution in [3.63, 3.8) is 0 Å². The van der Waals surface area contributed by atoms with Crippen molar-refractivity contribution in [3.8, 4) is 0 Å². The maximum atomic E-state index is 12.0. The van der Waals surface area contributed by atoms with E-state index >= 15 is 0 Å². The second kappa shape index (κ2) is 5.95. The number of rotatable bonds is 6. The molecule has 1 aromatic rings. The van der Waals surface area contributed by atoms with Gasteiger partial charge in [-0.3, -0.25) is 0 Å². The van der Waals surface area contributed by atoms with Crippen molar-refractivity contribution >= 4 is 15.8 Å². The van der Waals surface area contributed by atoms with Gasteiger partial charge in [-0.25, -0.2) is 13.4 Å². The molecule has 0 aliphatic carbocycles. The van der Waals surface area contributed by atoms with E-state index in [1.54, 1.807) is 0 Å². The van der Waals surface area contributed by atoms with Crippen LogP contribution < -0.4 is 5.73 Å². The van der Waals surface area contributed by atoms with Crippen LogP contribution in [-0.2, 0) is 14.8 Å². The molecule has 7 heteroatoms. The van der Waals surface area contributed by atoms with Gasteiger partial charge in [-0.2, -0.15) is 4.31 Å². The van der Waals surface area contributed by atoms with E-state index in [1.807, 2.05) is 6.92 Å². The Morgan fingerprint density at radius 1 is 1.47 bits per heavy atom. The van der Waals surface area contributed by atoms with Gasteiger partial charge in [0.25, 0.3) is 0 Å². The molecular weight excluding hydrogens is 242 g/mol. The van der Waals surface area contributed by atoms with E-state index in [0.29, 0.717) is 25.6 Å². The Kier molecular flexibility index (Phi) is 4.86. The van der Waals surface area contributed by atoms with Crippen LogP contribution in [0.5, 0.6) is 0 Å². The third kappa shape index (κ3) is 3.65. The molecule has 17 heavy (non-hydrogen) atoms. The molecule has 0 fully saturated rings. The molecule has 0 aromatic carbocycles. The zero-order valence-corrected chi connectivity index (χ0v) is 10.8. The highest BCUT2D eigenvalue weighted by atomic mass is 32.2. The van der Waals surface area contributed by atoms with E-state index in [4.69, 9.17) is 10.5 Å². The maximum Gasteiger partial charge on any atom is 0.244 e. The minimum atomic E-state index is -3.50. The van der Waals surface area contributed by atoms with Crippen LogP contribution >= 0.6 is 0 Å². The number of nitrogen functional groups attached to an aromatic ring is 1. The molecule has 6 nitrogen and oxygen atoms in total. The van der Waals surface area contributed by atoms with Gasteiger partial charge in [0, 0.05) is 26.4 Å². The number of ether oxygens (including phenoxy) is 1. The van der Waals surface area contributed by atoms with Crippen molar-refractivity contribution < 1.29 is 13.2 Å². The van der Waals surface area contributed by atoms with E-state index in [-0.39, 0.29) is 4.90 Å². The van der Waals surface area contributed by atoms with Crippen molar-refractivity contribution in [2.75, 3.05) is 32.5 Å². The topological polar surface area (TPSA) is 85.5 Å². The molecule has 0 bridgehead atoms. The molecule has 0 radical (unpaired) electrons. The second-order valence-electron chi connectivity index (χ2n) is 3.44. The molecule has 0 saturated heterocycles. The van der Waals surface area contributed by atoms with Crippen LogP contribution in [0.2, 0.25) is 0 Å². The number of nitrogens with zero attached hydrogens (tertiary/aromatic N) is 2. The normalized spacial score (nSPS) is 11.9. The average molecular weight is 259 g/mol. The third-order valence-electron chi connectivity index (χ3n) is 2.22. The highest BCUT2D eigenvalue weighted by Crippen LogP contribution is 2.13. The summed E-state index contributed by atoms with van der Waals surface area (Å²) in [5.74, 6) is 0.293. The van der Waals surface area contributed by atoms with Crippen LogP contribution in [0.4, 0.5) is 5.82 Å². The fourth-order valence-electron chi connectivity index (χ4n) is 1.18. The van der Waals surface area contributed by atoms with Crippen molar-refractivity contribution in [2.45, 2.75) is 11.8 Å². The molecule has 0 saturated carbocycles. The fourth-order valence-corrected chi connectivity index (χ4v) is 2.28. The van der Waals surface area contributed by atoms with Gasteiger partial charge >= 0.3 is 0 Å². The molecule has 2 N–H and O–H groups in total. The summed E-state index contributed by atoms with van der Waals surface area (Å²) < 4.78 is 30.4. The summed E-state index contributed by atoms with van der Waals surface area (Å²) in [6, 6.07) is 2.90. The number of hydrogen-bond acceptors (Lipinski definition) is 5. The second-order valence-corrected chi connectivity index (χ2v) is 5.49. The van der Waals surface area contributed by atoms with Crippen LogP contribution in [-0.4, -0.2) is 44.5 Å². The smallest absolute Gasteiger partial charge is 0.244 e. The first kappa shape index (κ1) is 13.9. The largest absolute Gasteiger partial charge is 0.384 e. The molecule has 0 atom stereocenters. The van der Waals surface area contributed by atoms with Gasteiger partial charge in [0.15, 0.2) is 0 Å². The Balaban J connectivity index is 2.76. The number of aromatic nitrogens is 1. The van der Waals surface area contributed by atoms with Crippen LogP contribution in [0.25, 0.3) is 0 Å². The molecule has 96 valence electrons. The van der Waals surface area contributed by atoms with E-state index < -0.39 is 10.0 Å². The van der Waals surface area contributed by atoms with E-state index in [9.17, 15) is 8.42 Å². The van der Waals surface area contributed by atoms with Crippen LogP contribution in [0.3, 0.4) is 0 Å². The van der Waals surface area contributed by atoms with Gasteiger partial charge in [0.2, 0.25) is 10.0 Å². The molecule has 0 aliphatic rings. The first-order chi connectivity index (χ1) is 7.98. The lowest BCUT2D eigenvalue weighted by molar-refractivity contribution is 0.138. The van der Waals surface area contributed by atoms with Crippen LogP contribution in [0, 0.1) is 0 Å². The van der Waals surface area contributed by atoms with Crippen molar-refractivity contribution in [1.82, 2.24) is 9.29 Å². The summed E-state index contributed by atoms with van der Waals surface area (Å²) in [4.78, 5) is 3.90. The highest BCUT2D eigenvalue weighted by molar-refractivity contribution is 7.89. The zero-order valence-electron chi connectivity index (χ0n) is 9.96.